The van der Waals surface area contributed by atoms with Crippen molar-refractivity contribution in [1.29, 1.82) is 0 Å². The van der Waals surface area contributed by atoms with E-state index in [-0.39, 0.29) is 11.7 Å². The lowest BCUT2D eigenvalue weighted by molar-refractivity contribution is -0.128. The first-order valence-corrected chi connectivity index (χ1v) is 9.31. The number of carbonyl (C=O) groups excluding carboxylic acids is 1. The fourth-order valence-corrected chi connectivity index (χ4v) is 3.75. The molecule has 0 saturated carbocycles. The molecule has 0 fully saturated rings. The number of hydrogen-bond acceptors (Lipinski definition) is 3. The van der Waals surface area contributed by atoms with E-state index in [0.717, 1.165) is 12.8 Å². The molecule has 0 heterocycles. The van der Waals surface area contributed by atoms with Gasteiger partial charge >= 0.3 is 0 Å². The molecule has 1 aromatic carbocycles. The van der Waals surface area contributed by atoms with Crippen LogP contribution < -0.4 is 0 Å². The molecule has 0 aliphatic heterocycles. The van der Waals surface area contributed by atoms with E-state index in [4.69, 9.17) is 11.6 Å². The number of sulfone groups is 1. The first kappa shape index (κ1) is 18.0. The molecule has 21 heavy (non-hydrogen) atoms. The minimum Gasteiger partial charge on any atom is -0.342 e. The second kappa shape index (κ2) is 8.39. The van der Waals surface area contributed by atoms with Gasteiger partial charge in [0.2, 0.25) is 5.91 Å². The molecule has 0 aliphatic rings. The summed E-state index contributed by atoms with van der Waals surface area (Å²) in [5.41, 5.74) is 0.532. The van der Waals surface area contributed by atoms with Crippen LogP contribution in [0.15, 0.2) is 24.3 Å². The van der Waals surface area contributed by atoms with Crippen LogP contribution in [0.4, 0.5) is 0 Å². The van der Waals surface area contributed by atoms with Crippen molar-refractivity contribution < 1.29 is 13.2 Å². The third-order valence-electron chi connectivity index (χ3n) is 3.02. The quantitative estimate of drug-likeness (QED) is 0.736. The summed E-state index contributed by atoms with van der Waals surface area (Å²) in [6, 6.07) is 6.79. The summed E-state index contributed by atoms with van der Waals surface area (Å²) in [5, 5.41) is 0.410. The van der Waals surface area contributed by atoms with Crippen LogP contribution in [0.2, 0.25) is 5.02 Å². The number of nitrogens with zero attached hydrogens (tertiary/aromatic N) is 1. The van der Waals surface area contributed by atoms with Crippen LogP contribution in [0.5, 0.6) is 0 Å². The standard InChI is InChI=1S/C15H22ClNO3S/c1-3-9-17(10-4-2)15(18)12-21(19,20)11-13-7-5-6-8-14(13)16/h5-8H,3-4,9-12H2,1-2H3. The summed E-state index contributed by atoms with van der Waals surface area (Å²) in [6.07, 6.45) is 1.63. The monoisotopic (exact) mass is 331 g/mol. The number of benzene rings is 1. The lowest BCUT2D eigenvalue weighted by atomic mass is 10.2. The summed E-state index contributed by atoms with van der Waals surface area (Å²) in [6.45, 7) is 5.12. The average molecular weight is 332 g/mol. The Balaban J connectivity index is 2.75. The highest BCUT2D eigenvalue weighted by molar-refractivity contribution is 7.91. The maximum Gasteiger partial charge on any atom is 0.237 e. The van der Waals surface area contributed by atoms with Crippen LogP contribution >= 0.6 is 11.6 Å². The number of halogens is 1. The first-order valence-electron chi connectivity index (χ1n) is 7.11. The van der Waals surface area contributed by atoms with Crippen molar-refractivity contribution in [2.45, 2.75) is 32.4 Å². The van der Waals surface area contributed by atoms with Gasteiger partial charge in [-0.3, -0.25) is 4.79 Å². The minimum absolute atomic E-state index is 0.204. The van der Waals surface area contributed by atoms with Gasteiger partial charge in [0.05, 0.1) is 5.75 Å². The maximum atomic E-state index is 12.2. The molecule has 0 atom stereocenters. The molecule has 1 amide bonds. The van der Waals surface area contributed by atoms with Crippen LogP contribution in [0.3, 0.4) is 0 Å². The topological polar surface area (TPSA) is 54.5 Å². The summed E-state index contributed by atoms with van der Waals surface area (Å²) in [5.74, 6) is -0.992. The Bertz CT molecular complexity index is 566. The van der Waals surface area contributed by atoms with Crippen LogP contribution in [0, 0.1) is 0 Å². The molecule has 118 valence electrons. The highest BCUT2D eigenvalue weighted by Gasteiger charge is 2.22. The normalized spacial score (nSPS) is 11.4. The number of hydrogen-bond donors (Lipinski definition) is 0. The summed E-state index contributed by atoms with van der Waals surface area (Å²) in [7, 11) is -3.51. The van der Waals surface area contributed by atoms with Crippen molar-refractivity contribution in [3.8, 4) is 0 Å². The van der Waals surface area contributed by atoms with Crippen LogP contribution in [-0.2, 0) is 20.4 Å². The molecule has 0 bridgehead atoms. The van der Waals surface area contributed by atoms with Crippen LogP contribution in [0.1, 0.15) is 32.3 Å². The van der Waals surface area contributed by atoms with Crippen molar-refractivity contribution in [1.82, 2.24) is 4.90 Å². The molecular formula is C15H22ClNO3S. The van der Waals surface area contributed by atoms with Gasteiger partial charge in [-0.25, -0.2) is 8.42 Å². The molecule has 0 N–H and O–H groups in total. The third kappa shape index (κ3) is 6.06. The fourth-order valence-electron chi connectivity index (χ4n) is 2.08. The minimum atomic E-state index is -3.51. The molecule has 1 rings (SSSR count). The highest BCUT2D eigenvalue weighted by Crippen LogP contribution is 2.18. The van der Waals surface area contributed by atoms with Gasteiger partial charge in [0.1, 0.15) is 5.75 Å². The van der Waals surface area contributed by atoms with E-state index >= 15 is 0 Å². The van der Waals surface area contributed by atoms with Crippen molar-refractivity contribution >= 4 is 27.3 Å². The predicted octanol–water partition coefficient (Wildman–Crippen LogP) is 2.90. The molecule has 0 aromatic heterocycles. The molecule has 0 saturated heterocycles. The van der Waals surface area contributed by atoms with E-state index in [2.05, 4.69) is 0 Å². The molecular weight excluding hydrogens is 310 g/mol. The third-order valence-corrected chi connectivity index (χ3v) is 4.82. The zero-order chi connectivity index (χ0) is 15.9. The Kier molecular flexibility index (Phi) is 7.18. The van der Waals surface area contributed by atoms with E-state index < -0.39 is 15.6 Å². The van der Waals surface area contributed by atoms with E-state index in [1.54, 1.807) is 29.2 Å². The van der Waals surface area contributed by atoms with Gasteiger partial charge in [-0.1, -0.05) is 43.6 Å². The van der Waals surface area contributed by atoms with E-state index in [9.17, 15) is 13.2 Å². The lowest BCUT2D eigenvalue weighted by Gasteiger charge is -2.21. The van der Waals surface area contributed by atoms with Gasteiger partial charge in [-0.05, 0) is 24.5 Å². The Labute approximate surface area is 132 Å². The SMILES string of the molecule is CCCN(CCC)C(=O)CS(=O)(=O)Cc1ccccc1Cl. The Morgan fingerprint density at radius 1 is 1.14 bits per heavy atom. The summed E-state index contributed by atoms with van der Waals surface area (Å²) in [4.78, 5) is 13.7. The molecule has 0 unspecified atom stereocenters. The number of amides is 1. The van der Waals surface area contributed by atoms with Crippen molar-refractivity contribution in [2.24, 2.45) is 0 Å². The Morgan fingerprint density at radius 2 is 1.71 bits per heavy atom. The molecule has 6 heteroatoms. The summed E-state index contributed by atoms with van der Waals surface area (Å²) < 4.78 is 24.3. The van der Waals surface area contributed by atoms with Crippen molar-refractivity contribution in [2.75, 3.05) is 18.8 Å². The van der Waals surface area contributed by atoms with Crippen molar-refractivity contribution in [3.63, 3.8) is 0 Å². The van der Waals surface area contributed by atoms with E-state index in [1.165, 1.54) is 0 Å². The summed E-state index contributed by atoms with van der Waals surface area (Å²) >= 11 is 5.97. The second-order valence-corrected chi connectivity index (χ2v) is 7.48. The lowest BCUT2D eigenvalue weighted by Crippen LogP contribution is -2.37. The highest BCUT2D eigenvalue weighted by atomic mass is 35.5. The number of carbonyl (C=O) groups is 1. The zero-order valence-corrected chi connectivity index (χ0v) is 14.1. The van der Waals surface area contributed by atoms with Gasteiger partial charge < -0.3 is 4.90 Å². The molecule has 0 radical (unpaired) electrons. The van der Waals surface area contributed by atoms with E-state index in [1.807, 2.05) is 13.8 Å². The van der Waals surface area contributed by atoms with Crippen LogP contribution in [-0.4, -0.2) is 38.1 Å². The predicted molar refractivity (Wildman–Crippen MR) is 86.1 cm³/mol. The number of rotatable bonds is 8. The molecule has 0 aliphatic carbocycles. The Hall–Kier alpha value is -1.07. The smallest absolute Gasteiger partial charge is 0.237 e. The van der Waals surface area contributed by atoms with Gasteiger partial charge in [0, 0.05) is 18.1 Å². The largest absolute Gasteiger partial charge is 0.342 e. The second-order valence-electron chi connectivity index (χ2n) is 5.00. The molecule has 0 spiro atoms. The molecule has 1 aromatic rings. The van der Waals surface area contributed by atoms with Gasteiger partial charge in [-0.15, -0.1) is 0 Å². The molecule has 4 nitrogen and oxygen atoms in total. The fraction of sp³-hybridized carbons (Fsp3) is 0.533. The van der Waals surface area contributed by atoms with Crippen molar-refractivity contribution in [3.05, 3.63) is 34.9 Å². The Morgan fingerprint density at radius 3 is 2.24 bits per heavy atom. The van der Waals surface area contributed by atoms with Gasteiger partial charge in [0.25, 0.3) is 0 Å². The van der Waals surface area contributed by atoms with E-state index in [0.29, 0.717) is 23.7 Å². The maximum absolute atomic E-state index is 12.2. The van der Waals surface area contributed by atoms with Crippen LogP contribution in [0.25, 0.3) is 0 Å². The first-order chi connectivity index (χ1) is 9.89. The average Bonchev–Trinajstić information content (AvgIpc) is 2.40. The zero-order valence-electron chi connectivity index (χ0n) is 12.5. The van der Waals surface area contributed by atoms with Gasteiger partial charge in [0.15, 0.2) is 9.84 Å². The van der Waals surface area contributed by atoms with Gasteiger partial charge in [-0.2, -0.15) is 0 Å².